The molecule has 5 nitrogen and oxygen atoms in total. The van der Waals surface area contributed by atoms with Crippen molar-refractivity contribution in [2.45, 2.75) is 0 Å². The molecule has 0 aliphatic heterocycles. The highest BCUT2D eigenvalue weighted by molar-refractivity contribution is 6.29. The number of halogens is 2. The van der Waals surface area contributed by atoms with Gasteiger partial charge in [-0.15, -0.1) is 10.2 Å². The molecule has 2 heterocycles. The summed E-state index contributed by atoms with van der Waals surface area (Å²) >= 11 is 5.89. The van der Waals surface area contributed by atoms with E-state index in [9.17, 15) is 4.39 Å². The van der Waals surface area contributed by atoms with Gasteiger partial charge in [-0.25, -0.2) is 14.4 Å². The lowest BCUT2D eigenvalue weighted by atomic mass is 10.1. The lowest BCUT2D eigenvalue weighted by Crippen LogP contribution is -2.02. The molecule has 0 unspecified atom stereocenters. The highest BCUT2D eigenvalue weighted by atomic mass is 35.5. The van der Waals surface area contributed by atoms with Crippen molar-refractivity contribution in [1.29, 1.82) is 0 Å². The highest BCUT2D eigenvalue weighted by Gasteiger charge is 2.13. The molecule has 21 heavy (non-hydrogen) atoms. The number of rotatable bonds is 2. The smallest absolute Gasteiger partial charge is 0.240 e. The van der Waals surface area contributed by atoms with Crippen LogP contribution in [0.25, 0.3) is 22.5 Å². The molecule has 0 fully saturated rings. The Morgan fingerprint density at radius 1 is 0.952 bits per heavy atom. The summed E-state index contributed by atoms with van der Waals surface area (Å²) in [6, 6.07) is 9.28. The van der Waals surface area contributed by atoms with E-state index in [4.69, 9.17) is 17.3 Å². The molecule has 0 spiro atoms. The normalized spacial score (nSPS) is 10.6. The number of benzene rings is 1. The van der Waals surface area contributed by atoms with Gasteiger partial charge in [0, 0.05) is 17.3 Å². The van der Waals surface area contributed by atoms with Gasteiger partial charge in [-0.2, -0.15) is 0 Å². The molecular formula is C14H9ClFN5. The van der Waals surface area contributed by atoms with Gasteiger partial charge < -0.3 is 5.73 Å². The van der Waals surface area contributed by atoms with Crippen LogP contribution < -0.4 is 5.73 Å². The third-order valence-corrected chi connectivity index (χ3v) is 3.03. The third-order valence-electron chi connectivity index (χ3n) is 2.82. The summed E-state index contributed by atoms with van der Waals surface area (Å²) in [5, 5.41) is 8.17. The van der Waals surface area contributed by atoms with Gasteiger partial charge in [0.1, 0.15) is 22.4 Å². The van der Waals surface area contributed by atoms with Gasteiger partial charge in [0.25, 0.3) is 0 Å². The summed E-state index contributed by atoms with van der Waals surface area (Å²) in [4.78, 5) is 8.12. The summed E-state index contributed by atoms with van der Waals surface area (Å²) < 4.78 is 13.1. The zero-order valence-electron chi connectivity index (χ0n) is 10.7. The number of pyridine rings is 1. The monoisotopic (exact) mass is 301 g/mol. The van der Waals surface area contributed by atoms with E-state index < -0.39 is 0 Å². The first-order chi connectivity index (χ1) is 10.1. The first kappa shape index (κ1) is 13.4. The Morgan fingerprint density at radius 3 is 2.43 bits per heavy atom. The number of nitrogen functional groups attached to an aromatic ring is 1. The highest BCUT2D eigenvalue weighted by Crippen LogP contribution is 2.29. The lowest BCUT2D eigenvalue weighted by molar-refractivity contribution is 0.628. The minimum absolute atomic E-state index is 0.0400. The zero-order valence-corrected chi connectivity index (χ0v) is 11.4. The molecule has 0 atom stereocenters. The van der Waals surface area contributed by atoms with E-state index in [1.54, 1.807) is 30.5 Å². The molecule has 3 rings (SSSR count). The predicted molar refractivity (Wildman–Crippen MR) is 77.9 cm³/mol. The summed E-state index contributed by atoms with van der Waals surface area (Å²) in [7, 11) is 0. The van der Waals surface area contributed by atoms with Gasteiger partial charge in [0.2, 0.25) is 5.95 Å². The molecule has 2 N–H and O–H groups in total. The van der Waals surface area contributed by atoms with Crippen LogP contribution in [0.1, 0.15) is 0 Å². The number of nitrogens with zero attached hydrogens (tertiary/aromatic N) is 4. The van der Waals surface area contributed by atoms with Crippen LogP contribution in [-0.4, -0.2) is 20.2 Å². The molecule has 0 bridgehead atoms. The van der Waals surface area contributed by atoms with Crippen LogP contribution in [0, 0.1) is 5.82 Å². The van der Waals surface area contributed by atoms with Crippen molar-refractivity contribution in [3.05, 3.63) is 53.6 Å². The zero-order chi connectivity index (χ0) is 14.8. The molecule has 0 aliphatic carbocycles. The molecule has 7 heteroatoms. The van der Waals surface area contributed by atoms with Crippen LogP contribution in [0.4, 0.5) is 10.3 Å². The van der Waals surface area contributed by atoms with E-state index in [2.05, 4.69) is 20.2 Å². The van der Waals surface area contributed by atoms with Gasteiger partial charge >= 0.3 is 0 Å². The first-order valence-electron chi connectivity index (χ1n) is 6.01. The second-order valence-corrected chi connectivity index (χ2v) is 4.63. The van der Waals surface area contributed by atoms with Crippen molar-refractivity contribution < 1.29 is 4.39 Å². The van der Waals surface area contributed by atoms with Crippen LogP contribution in [0.2, 0.25) is 5.15 Å². The molecule has 0 saturated carbocycles. The van der Waals surface area contributed by atoms with Gasteiger partial charge in [0.05, 0.1) is 0 Å². The molecule has 2 aromatic heterocycles. The summed E-state index contributed by atoms with van der Waals surface area (Å²) in [5.41, 5.74) is 7.99. The molecule has 0 radical (unpaired) electrons. The van der Waals surface area contributed by atoms with Gasteiger partial charge in [-0.3, -0.25) is 0 Å². The summed E-state index contributed by atoms with van der Waals surface area (Å²) in [6.07, 6.45) is 1.56. The van der Waals surface area contributed by atoms with Gasteiger partial charge in [-0.05, 0) is 36.4 Å². The number of nitrogens with two attached hydrogens (primary N) is 1. The van der Waals surface area contributed by atoms with Gasteiger partial charge in [0.15, 0.2) is 0 Å². The van der Waals surface area contributed by atoms with Crippen molar-refractivity contribution in [2.24, 2.45) is 0 Å². The van der Waals surface area contributed by atoms with Crippen molar-refractivity contribution >= 4 is 17.5 Å². The Balaban J connectivity index is 2.20. The fourth-order valence-corrected chi connectivity index (χ4v) is 2.07. The lowest BCUT2D eigenvalue weighted by Gasteiger charge is -2.08. The Labute approximate surface area is 124 Å². The minimum atomic E-state index is -0.331. The number of anilines is 1. The van der Waals surface area contributed by atoms with Crippen LogP contribution in [0.3, 0.4) is 0 Å². The van der Waals surface area contributed by atoms with Crippen molar-refractivity contribution in [1.82, 2.24) is 20.2 Å². The van der Waals surface area contributed by atoms with E-state index >= 15 is 0 Å². The third kappa shape index (κ3) is 2.80. The largest absolute Gasteiger partial charge is 0.366 e. The maximum Gasteiger partial charge on any atom is 0.240 e. The fourth-order valence-electron chi connectivity index (χ4n) is 1.89. The van der Waals surface area contributed by atoms with Gasteiger partial charge in [-0.1, -0.05) is 11.6 Å². The van der Waals surface area contributed by atoms with Crippen molar-refractivity contribution in [2.75, 3.05) is 5.73 Å². The minimum Gasteiger partial charge on any atom is -0.366 e. The number of hydrogen-bond acceptors (Lipinski definition) is 5. The van der Waals surface area contributed by atoms with Crippen molar-refractivity contribution in [3.63, 3.8) is 0 Å². The fraction of sp³-hybridized carbons (Fsp3) is 0. The van der Waals surface area contributed by atoms with Crippen LogP contribution in [-0.2, 0) is 0 Å². The predicted octanol–water partition coefficient (Wildman–Crippen LogP) is 2.98. The average Bonchev–Trinajstić information content (AvgIpc) is 2.48. The van der Waals surface area contributed by atoms with Crippen molar-refractivity contribution in [3.8, 4) is 22.5 Å². The molecule has 104 valence electrons. The molecular weight excluding hydrogens is 293 g/mol. The second kappa shape index (κ2) is 5.41. The average molecular weight is 302 g/mol. The van der Waals surface area contributed by atoms with E-state index in [1.165, 1.54) is 12.1 Å². The van der Waals surface area contributed by atoms with E-state index in [-0.39, 0.29) is 11.8 Å². The number of aromatic nitrogens is 4. The van der Waals surface area contributed by atoms with E-state index in [0.29, 0.717) is 27.7 Å². The van der Waals surface area contributed by atoms with Crippen LogP contribution >= 0.6 is 11.6 Å². The Hall–Kier alpha value is -2.60. The maximum atomic E-state index is 13.1. The van der Waals surface area contributed by atoms with Crippen LogP contribution in [0.5, 0.6) is 0 Å². The molecule has 0 aliphatic rings. The molecule has 3 aromatic rings. The first-order valence-corrected chi connectivity index (χ1v) is 6.39. The number of hydrogen-bond donors (Lipinski definition) is 1. The SMILES string of the molecule is Nc1nnc(-c2ccnc(Cl)c2)c(-c2ccc(F)cc2)n1. The standard InChI is InChI=1S/C14H9ClFN5/c15-11-7-9(5-6-18-11)13-12(19-14(17)21-20-13)8-1-3-10(16)4-2-8/h1-7H,(H2,17,19,21). The molecule has 0 saturated heterocycles. The Bertz CT molecular complexity index is 792. The maximum absolute atomic E-state index is 13.1. The van der Waals surface area contributed by atoms with E-state index in [0.717, 1.165) is 0 Å². The second-order valence-electron chi connectivity index (χ2n) is 4.24. The summed E-state index contributed by atoms with van der Waals surface area (Å²) in [5.74, 6) is -0.291. The Morgan fingerprint density at radius 2 is 1.71 bits per heavy atom. The van der Waals surface area contributed by atoms with E-state index in [1.807, 2.05) is 0 Å². The molecule has 0 amide bonds. The quantitative estimate of drug-likeness (QED) is 0.736. The Kier molecular flexibility index (Phi) is 3.45. The molecule has 1 aromatic carbocycles. The topological polar surface area (TPSA) is 77.6 Å². The summed E-state index contributed by atoms with van der Waals surface area (Å²) in [6.45, 7) is 0. The van der Waals surface area contributed by atoms with Crippen LogP contribution in [0.15, 0.2) is 42.6 Å².